The van der Waals surface area contributed by atoms with Crippen molar-refractivity contribution in [1.29, 1.82) is 0 Å². The first-order valence-electron chi connectivity index (χ1n) is 5.18. The Morgan fingerprint density at radius 1 is 1.33 bits per heavy atom. The van der Waals surface area contributed by atoms with Crippen molar-refractivity contribution in [3.63, 3.8) is 0 Å². The smallest absolute Gasteiger partial charge is 0.387 e. The number of benzene rings is 1. The van der Waals surface area contributed by atoms with Crippen molar-refractivity contribution in [2.45, 2.75) is 13.5 Å². The normalized spacial score (nSPS) is 10.7. The molecule has 0 saturated carbocycles. The highest BCUT2D eigenvalue weighted by Crippen LogP contribution is 2.22. The molecule has 2 rings (SSSR count). The second kappa shape index (κ2) is 4.95. The molecule has 1 aromatic carbocycles. The summed E-state index contributed by atoms with van der Waals surface area (Å²) in [6.07, 6.45) is 1.47. The zero-order chi connectivity index (χ0) is 13.1. The van der Waals surface area contributed by atoms with Gasteiger partial charge in [-0.15, -0.1) is 0 Å². The lowest BCUT2D eigenvalue weighted by atomic mass is 10.3. The minimum absolute atomic E-state index is 0.0917. The van der Waals surface area contributed by atoms with Crippen molar-refractivity contribution in [3.8, 4) is 11.4 Å². The van der Waals surface area contributed by atoms with Crippen molar-refractivity contribution in [2.75, 3.05) is 0 Å². The van der Waals surface area contributed by atoms with Gasteiger partial charge in [0.1, 0.15) is 5.69 Å². The van der Waals surface area contributed by atoms with E-state index < -0.39 is 12.2 Å². The van der Waals surface area contributed by atoms with Crippen molar-refractivity contribution in [1.82, 2.24) is 9.78 Å². The second-order valence-corrected chi connectivity index (χ2v) is 3.63. The van der Waals surface area contributed by atoms with Crippen LogP contribution in [0.25, 0.3) is 5.69 Å². The Kier molecular flexibility index (Phi) is 3.36. The van der Waals surface area contributed by atoms with Gasteiger partial charge in [0.15, 0.2) is 5.75 Å². The van der Waals surface area contributed by atoms with Crippen LogP contribution in [0.5, 0.6) is 5.75 Å². The van der Waals surface area contributed by atoms with Crippen LogP contribution in [0.1, 0.15) is 5.56 Å². The van der Waals surface area contributed by atoms with Crippen LogP contribution in [-0.4, -0.2) is 16.4 Å². The summed E-state index contributed by atoms with van der Waals surface area (Å²) >= 11 is 0. The summed E-state index contributed by atoms with van der Waals surface area (Å²) in [4.78, 5) is 11.7. The van der Waals surface area contributed by atoms with E-state index in [4.69, 9.17) is 0 Å². The van der Waals surface area contributed by atoms with Crippen molar-refractivity contribution >= 4 is 0 Å². The number of hydrogen-bond donors (Lipinski definition) is 0. The van der Waals surface area contributed by atoms with Gasteiger partial charge in [0, 0.05) is 6.07 Å². The van der Waals surface area contributed by atoms with Gasteiger partial charge in [-0.3, -0.25) is 4.79 Å². The molecule has 0 bridgehead atoms. The van der Waals surface area contributed by atoms with Crippen LogP contribution in [0.2, 0.25) is 0 Å². The number of rotatable bonds is 3. The zero-order valence-electron chi connectivity index (χ0n) is 9.51. The molecule has 0 aliphatic carbocycles. The lowest BCUT2D eigenvalue weighted by molar-refractivity contribution is -0.0499. The molecule has 2 aromatic rings. The molecule has 18 heavy (non-hydrogen) atoms. The first-order valence-corrected chi connectivity index (χ1v) is 5.18. The molecule has 0 amide bonds. The highest BCUT2D eigenvalue weighted by Gasteiger charge is 2.12. The summed E-state index contributed by atoms with van der Waals surface area (Å²) in [7, 11) is 0. The maximum absolute atomic E-state index is 12.3. The fourth-order valence-electron chi connectivity index (χ4n) is 1.51. The minimum Gasteiger partial charge on any atom is -0.433 e. The SMILES string of the molecule is Cc1cnn(-c2ccccc2OC(F)F)c(=O)c1. The summed E-state index contributed by atoms with van der Waals surface area (Å²) in [6, 6.07) is 7.37. The van der Waals surface area contributed by atoms with E-state index in [9.17, 15) is 13.6 Å². The molecule has 0 N–H and O–H groups in total. The van der Waals surface area contributed by atoms with E-state index >= 15 is 0 Å². The molecule has 0 fully saturated rings. The molecule has 0 radical (unpaired) electrons. The molecule has 0 unspecified atom stereocenters. The first kappa shape index (κ1) is 12.2. The van der Waals surface area contributed by atoms with Crippen LogP contribution >= 0.6 is 0 Å². The summed E-state index contributed by atoms with van der Waals surface area (Å²) in [5.74, 6) is -0.0917. The number of hydrogen-bond acceptors (Lipinski definition) is 3. The van der Waals surface area contributed by atoms with Gasteiger partial charge in [0.05, 0.1) is 6.20 Å². The molecule has 6 heteroatoms. The standard InChI is InChI=1S/C12H10F2N2O2/c1-8-6-11(17)16(15-7-8)9-4-2-3-5-10(9)18-12(13)14/h2-7,12H,1H3. The van der Waals surface area contributed by atoms with Crippen LogP contribution in [-0.2, 0) is 0 Å². The summed E-state index contributed by atoms with van der Waals surface area (Å²) in [6.45, 7) is -1.23. The Bertz CT molecular complexity index is 611. The number of aryl methyl sites for hydroxylation is 1. The molecule has 0 aliphatic heterocycles. The maximum Gasteiger partial charge on any atom is 0.387 e. The Balaban J connectivity index is 2.53. The van der Waals surface area contributed by atoms with Gasteiger partial charge in [-0.25, -0.2) is 0 Å². The van der Waals surface area contributed by atoms with Gasteiger partial charge in [0.25, 0.3) is 5.56 Å². The zero-order valence-corrected chi connectivity index (χ0v) is 9.51. The fraction of sp³-hybridized carbons (Fsp3) is 0.167. The Morgan fingerprint density at radius 2 is 2.06 bits per heavy atom. The third kappa shape index (κ3) is 2.53. The summed E-state index contributed by atoms with van der Waals surface area (Å²) in [5.41, 5.74) is 0.478. The van der Waals surface area contributed by atoms with E-state index in [0.717, 1.165) is 4.68 Å². The monoisotopic (exact) mass is 252 g/mol. The predicted octanol–water partition coefficient (Wildman–Crippen LogP) is 2.14. The van der Waals surface area contributed by atoms with Gasteiger partial charge >= 0.3 is 6.61 Å². The maximum atomic E-state index is 12.3. The van der Waals surface area contributed by atoms with Gasteiger partial charge in [-0.1, -0.05) is 12.1 Å². The van der Waals surface area contributed by atoms with Crippen LogP contribution in [0.3, 0.4) is 0 Å². The quantitative estimate of drug-likeness (QED) is 0.840. The molecule has 4 nitrogen and oxygen atoms in total. The Hall–Kier alpha value is -2.24. The highest BCUT2D eigenvalue weighted by molar-refractivity contribution is 5.45. The third-order valence-corrected chi connectivity index (χ3v) is 2.25. The molecule has 0 aliphatic rings. The van der Waals surface area contributed by atoms with Crippen LogP contribution < -0.4 is 10.3 Å². The van der Waals surface area contributed by atoms with E-state index in [1.165, 1.54) is 24.4 Å². The molecule has 0 spiro atoms. The van der Waals surface area contributed by atoms with Gasteiger partial charge < -0.3 is 4.74 Å². The van der Waals surface area contributed by atoms with E-state index in [0.29, 0.717) is 5.56 Å². The average Bonchev–Trinajstić information content (AvgIpc) is 2.30. The summed E-state index contributed by atoms with van der Waals surface area (Å²) in [5, 5.41) is 3.90. The molecule has 0 saturated heterocycles. The van der Waals surface area contributed by atoms with E-state index in [2.05, 4.69) is 9.84 Å². The number of nitrogens with zero attached hydrogens (tertiary/aromatic N) is 2. The summed E-state index contributed by atoms with van der Waals surface area (Å²) < 4.78 is 29.9. The number of para-hydroxylation sites is 2. The molecular formula is C12H10F2N2O2. The number of alkyl halides is 2. The molecule has 1 aromatic heterocycles. The van der Waals surface area contributed by atoms with Gasteiger partial charge in [-0.05, 0) is 24.6 Å². The number of halogens is 2. The van der Waals surface area contributed by atoms with Crippen LogP contribution in [0.15, 0.2) is 41.3 Å². The Morgan fingerprint density at radius 3 is 2.72 bits per heavy atom. The number of aromatic nitrogens is 2. The van der Waals surface area contributed by atoms with E-state index in [1.54, 1.807) is 19.1 Å². The largest absolute Gasteiger partial charge is 0.433 e. The van der Waals surface area contributed by atoms with Crippen molar-refractivity contribution in [3.05, 3.63) is 52.4 Å². The molecular weight excluding hydrogens is 242 g/mol. The number of ether oxygens (including phenoxy) is 1. The molecule has 0 atom stereocenters. The fourth-order valence-corrected chi connectivity index (χ4v) is 1.51. The van der Waals surface area contributed by atoms with Crippen LogP contribution in [0, 0.1) is 6.92 Å². The average molecular weight is 252 g/mol. The molecule has 1 heterocycles. The Labute approximate surface area is 101 Å². The van der Waals surface area contributed by atoms with Gasteiger partial charge in [0.2, 0.25) is 0 Å². The van der Waals surface area contributed by atoms with Gasteiger partial charge in [-0.2, -0.15) is 18.6 Å². The first-order chi connectivity index (χ1) is 8.58. The van der Waals surface area contributed by atoms with E-state index in [1.807, 2.05) is 0 Å². The van der Waals surface area contributed by atoms with Crippen molar-refractivity contribution < 1.29 is 13.5 Å². The minimum atomic E-state index is -2.95. The van der Waals surface area contributed by atoms with E-state index in [-0.39, 0.29) is 11.4 Å². The predicted molar refractivity (Wildman–Crippen MR) is 61.2 cm³/mol. The van der Waals surface area contributed by atoms with Crippen LogP contribution in [0.4, 0.5) is 8.78 Å². The highest BCUT2D eigenvalue weighted by atomic mass is 19.3. The lowest BCUT2D eigenvalue weighted by Gasteiger charge is -2.11. The molecule has 94 valence electrons. The van der Waals surface area contributed by atoms with Crippen molar-refractivity contribution in [2.24, 2.45) is 0 Å². The second-order valence-electron chi connectivity index (χ2n) is 3.63. The third-order valence-electron chi connectivity index (χ3n) is 2.25. The lowest BCUT2D eigenvalue weighted by Crippen LogP contribution is -2.21. The topological polar surface area (TPSA) is 44.1 Å².